The molecule has 1 heterocycles. The van der Waals surface area contributed by atoms with Crippen molar-refractivity contribution in [2.75, 3.05) is 18.5 Å². The number of nitrogens with one attached hydrogen (secondary N) is 2. The smallest absolute Gasteiger partial charge is 0.293 e. The Morgan fingerprint density at radius 2 is 2.24 bits per heavy atom. The fourth-order valence-electron chi connectivity index (χ4n) is 2.25. The second-order valence-electron chi connectivity index (χ2n) is 5.39. The molecule has 1 fully saturated rings. The highest BCUT2D eigenvalue weighted by atomic mass is 16.6. The number of benzene rings is 1. The van der Waals surface area contributed by atoms with E-state index in [0.29, 0.717) is 17.7 Å². The average Bonchev–Trinajstić information content (AvgIpc) is 3.25. The molecule has 1 aromatic carbocycles. The summed E-state index contributed by atoms with van der Waals surface area (Å²) < 4.78 is 0. The van der Waals surface area contributed by atoms with Crippen LogP contribution in [0.3, 0.4) is 0 Å². The number of hydrogen-bond acceptors (Lipinski definition) is 6. The number of nitro benzene ring substituents is 1. The molecule has 0 bridgehead atoms. The molecule has 0 atom stereocenters. The van der Waals surface area contributed by atoms with E-state index < -0.39 is 10.5 Å². The van der Waals surface area contributed by atoms with Gasteiger partial charge in [0.15, 0.2) is 0 Å². The van der Waals surface area contributed by atoms with E-state index in [1.54, 1.807) is 0 Å². The van der Waals surface area contributed by atoms with Crippen LogP contribution in [0.4, 0.5) is 11.4 Å². The number of fused-ring (bicyclic) bond motifs is 1. The second kappa shape index (κ2) is 4.81. The van der Waals surface area contributed by atoms with Crippen LogP contribution in [0.2, 0.25) is 0 Å². The summed E-state index contributed by atoms with van der Waals surface area (Å²) in [6.45, 7) is 0.512. The molecule has 1 saturated carbocycles. The molecular weight excluding hydrogens is 276 g/mol. The van der Waals surface area contributed by atoms with E-state index in [1.807, 2.05) is 0 Å². The molecular formula is C13H14N4O4. The molecule has 0 aliphatic heterocycles. The molecule has 0 unspecified atom stereocenters. The van der Waals surface area contributed by atoms with Crippen LogP contribution >= 0.6 is 0 Å². The molecule has 0 spiro atoms. The van der Waals surface area contributed by atoms with Crippen LogP contribution in [-0.2, 0) is 0 Å². The lowest BCUT2D eigenvalue weighted by atomic mass is 10.1. The van der Waals surface area contributed by atoms with Gasteiger partial charge in [0.2, 0.25) is 0 Å². The standard InChI is InChI=1S/C13H14N4O4/c18-6-13(1-2-13)5-14-10-4-9-8(3-11(10)17(20)21)12(19)16-7-15-9/h3-4,7,14,18H,1-2,5-6H2,(H,15,16,19). The molecule has 2 aromatic rings. The van der Waals surface area contributed by atoms with Gasteiger partial charge in [-0.25, -0.2) is 4.98 Å². The number of aliphatic hydroxyl groups is 1. The summed E-state index contributed by atoms with van der Waals surface area (Å²) in [4.78, 5) is 28.7. The predicted molar refractivity (Wildman–Crippen MR) is 76.3 cm³/mol. The van der Waals surface area contributed by atoms with Crippen LogP contribution in [0.1, 0.15) is 12.8 Å². The van der Waals surface area contributed by atoms with Crippen molar-refractivity contribution in [3.63, 3.8) is 0 Å². The fourth-order valence-corrected chi connectivity index (χ4v) is 2.25. The normalized spacial score (nSPS) is 15.9. The number of aromatic nitrogens is 2. The van der Waals surface area contributed by atoms with E-state index in [2.05, 4.69) is 15.3 Å². The van der Waals surface area contributed by atoms with Gasteiger partial charge in [-0.3, -0.25) is 14.9 Å². The Morgan fingerprint density at radius 3 is 2.86 bits per heavy atom. The summed E-state index contributed by atoms with van der Waals surface area (Å²) >= 11 is 0. The van der Waals surface area contributed by atoms with Crippen LogP contribution < -0.4 is 10.9 Å². The number of nitrogens with zero attached hydrogens (tertiary/aromatic N) is 2. The summed E-state index contributed by atoms with van der Waals surface area (Å²) in [5.74, 6) is 0. The number of H-pyrrole nitrogens is 1. The van der Waals surface area contributed by atoms with Crippen LogP contribution in [0, 0.1) is 15.5 Å². The molecule has 1 aliphatic rings. The molecule has 8 nitrogen and oxygen atoms in total. The Labute approximate surface area is 119 Å². The molecule has 0 radical (unpaired) electrons. The summed E-state index contributed by atoms with van der Waals surface area (Å²) in [7, 11) is 0. The van der Waals surface area contributed by atoms with Gasteiger partial charge in [-0.2, -0.15) is 0 Å². The van der Waals surface area contributed by atoms with Crippen LogP contribution in [0.5, 0.6) is 0 Å². The Bertz CT molecular complexity index is 766. The third-order valence-electron chi connectivity index (χ3n) is 3.90. The first kappa shape index (κ1) is 13.5. The summed E-state index contributed by atoms with van der Waals surface area (Å²) in [6, 6.07) is 2.72. The molecule has 21 heavy (non-hydrogen) atoms. The van der Waals surface area contributed by atoms with Gasteiger partial charge in [-0.05, 0) is 18.9 Å². The topological polar surface area (TPSA) is 121 Å². The van der Waals surface area contributed by atoms with E-state index in [4.69, 9.17) is 0 Å². The van der Waals surface area contributed by atoms with E-state index in [-0.39, 0.29) is 23.1 Å². The van der Waals surface area contributed by atoms with Gasteiger partial charge in [0, 0.05) is 18.0 Å². The third-order valence-corrected chi connectivity index (χ3v) is 3.90. The van der Waals surface area contributed by atoms with Crippen molar-refractivity contribution in [3.8, 4) is 0 Å². The lowest BCUT2D eigenvalue weighted by Crippen LogP contribution is -2.19. The van der Waals surface area contributed by atoms with E-state index in [9.17, 15) is 20.0 Å². The number of anilines is 1. The SMILES string of the molecule is O=c1[nH]cnc2cc(NCC3(CO)CC3)c([N+](=O)[O-])cc12. The van der Waals surface area contributed by atoms with Crippen LogP contribution in [0.15, 0.2) is 23.3 Å². The van der Waals surface area contributed by atoms with Gasteiger partial charge in [0.05, 0.1) is 28.8 Å². The van der Waals surface area contributed by atoms with Crippen molar-refractivity contribution in [1.82, 2.24) is 9.97 Å². The van der Waals surface area contributed by atoms with E-state index in [1.165, 1.54) is 18.5 Å². The van der Waals surface area contributed by atoms with Crippen molar-refractivity contribution in [1.29, 1.82) is 0 Å². The first-order chi connectivity index (χ1) is 10.0. The molecule has 8 heteroatoms. The Hall–Kier alpha value is -2.48. The zero-order valence-corrected chi connectivity index (χ0v) is 11.1. The molecule has 110 valence electrons. The first-order valence-electron chi connectivity index (χ1n) is 6.55. The maximum Gasteiger partial charge on any atom is 0.293 e. The average molecular weight is 290 g/mol. The molecule has 0 saturated heterocycles. The van der Waals surface area contributed by atoms with Crippen molar-refractivity contribution < 1.29 is 10.0 Å². The maximum absolute atomic E-state index is 11.7. The molecule has 3 rings (SSSR count). The number of rotatable bonds is 5. The van der Waals surface area contributed by atoms with Gasteiger partial charge >= 0.3 is 0 Å². The first-order valence-corrected chi connectivity index (χ1v) is 6.55. The minimum absolute atomic E-state index is 0.0549. The second-order valence-corrected chi connectivity index (χ2v) is 5.39. The quantitative estimate of drug-likeness (QED) is 0.558. The Balaban J connectivity index is 2.01. The Kier molecular flexibility index (Phi) is 3.09. The minimum atomic E-state index is -0.535. The third kappa shape index (κ3) is 2.45. The molecule has 1 aliphatic carbocycles. The molecule has 0 amide bonds. The van der Waals surface area contributed by atoms with Crippen molar-refractivity contribution in [2.24, 2.45) is 5.41 Å². The predicted octanol–water partition coefficient (Wildman–Crippen LogP) is 1.02. The Morgan fingerprint density at radius 1 is 1.48 bits per heavy atom. The maximum atomic E-state index is 11.7. The number of aromatic amines is 1. The highest BCUT2D eigenvalue weighted by Crippen LogP contribution is 2.45. The van der Waals surface area contributed by atoms with Crippen molar-refractivity contribution in [3.05, 3.63) is 38.9 Å². The van der Waals surface area contributed by atoms with Gasteiger partial charge in [0.1, 0.15) is 5.69 Å². The summed E-state index contributed by atoms with van der Waals surface area (Å²) in [5, 5.41) is 23.6. The highest BCUT2D eigenvalue weighted by Gasteiger charge is 2.42. The van der Waals surface area contributed by atoms with E-state index >= 15 is 0 Å². The summed E-state index contributed by atoms with van der Waals surface area (Å²) in [5.41, 5.74) is -0.0610. The number of nitro groups is 1. The lowest BCUT2D eigenvalue weighted by Gasteiger charge is -2.14. The molecule has 3 N–H and O–H groups in total. The number of hydrogen-bond donors (Lipinski definition) is 3. The zero-order chi connectivity index (χ0) is 15.0. The highest BCUT2D eigenvalue weighted by molar-refractivity contribution is 5.86. The van der Waals surface area contributed by atoms with Gasteiger partial charge < -0.3 is 15.4 Å². The number of aliphatic hydroxyl groups excluding tert-OH is 1. The minimum Gasteiger partial charge on any atom is -0.396 e. The lowest BCUT2D eigenvalue weighted by molar-refractivity contribution is -0.383. The molecule has 1 aromatic heterocycles. The van der Waals surface area contributed by atoms with Gasteiger partial charge in [-0.15, -0.1) is 0 Å². The van der Waals surface area contributed by atoms with Crippen LogP contribution in [0.25, 0.3) is 10.9 Å². The largest absolute Gasteiger partial charge is 0.396 e. The van der Waals surface area contributed by atoms with Gasteiger partial charge in [0.25, 0.3) is 11.2 Å². The van der Waals surface area contributed by atoms with Crippen molar-refractivity contribution in [2.45, 2.75) is 12.8 Å². The van der Waals surface area contributed by atoms with E-state index in [0.717, 1.165) is 12.8 Å². The zero-order valence-electron chi connectivity index (χ0n) is 11.1. The fraction of sp³-hybridized carbons (Fsp3) is 0.385. The summed E-state index contributed by atoms with van der Waals surface area (Å²) in [6.07, 6.45) is 3.06. The van der Waals surface area contributed by atoms with Gasteiger partial charge in [-0.1, -0.05) is 0 Å². The monoisotopic (exact) mass is 290 g/mol. The van der Waals surface area contributed by atoms with Crippen molar-refractivity contribution >= 4 is 22.3 Å². The van der Waals surface area contributed by atoms with Crippen LogP contribution in [-0.4, -0.2) is 33.1 Å².